The van der Waals surface area contributed by atoms with E-state index in [0.29, 0.717) is 13.2 Å². The lowest BCUT2D eigenvalue weighted by atomic mass is 10.1. The summed E-state index contributed by atoms with van der Waals surface area (Å²) >= 11 is 0. The Kier molecular flexibility index (Phi) is 4.97. The third-order valence-corrected chi connectivity index (χ3v) is 4.36. The van der Waals surface area contributed by atoms with Crippen LogP contribution in [-0.2, 0) is 16.1 Å². The van der Waals surface area contributed by atoms with Crippen molar-refractivity contribution in [1.82, 2.24) is 19.6 Å². The molecule has 6 heteroatoms. The Bertz CT molecular complexity index is 697. The van der Waals surface area contributed by atoms with Gasteiger partial charge in [-0.15, -0.1) is 0 Å². The Balaban J connectivity index is 1.68. The zero-order chi connectivity index (χ0) is 17.1. The predicted octanol–water partition coefficient (Wildman–Crippen LogP) is 1.47. The summed E-state index contributed by atoms with van der Waals surface area (Å²) in [5.41, 5.74) is 3.55. The Morgan fingerprint density at radius 3 is 2.92 bits per heavy atom. The highest BCUT2D eigenvalue weighted by atomic mass is 16.5. The van der Waals surface area contributed by atoms with E-state index in [1.807, 2.05) is 16.9 Å². The minimum Gasteiger partial charge on any atom is -0.366 e. The first-order chi connectivity index (χ1) is 11.5. The summed E-state index contributed by atoms with van der Waals surface area (Å²) in [5, 5.41) is 4.27. The molecular formula is C18H24N4O2. The average molecular weight is 328 g/mol. The molecule has 0 N–H and O–H groups in total. The molecule has 1 atom stereocenters. The van der Waals surface area contributed by atoms with Crippen molar-refractivity contribution < 1.29 is 9.53 Å². The van der Waals surface area contributed by atoms with Gasteiger partial charge in [0.25, 0.3) is 5.91 Å². The first-order valence-electron chi connectivity index (χ1n) is 8.19. The molecule has 1 fully saturated rings. The van der Waals surface area contributed by atoms with E-state index in [-0.39, 0.29) is 12.0 Å². The lowest BCUT2D eigenvalue weighted by Crippen LogP contribution is -2.49. The van der Waals surface area contributed by atoms with Gasteiger partial charge in [0.15, 0.2) is 0 Å². The number of benzene rings is 1. The second kappa shape index (κ2) is 7.15. The molecule has 0 radical (unpaired) electrons. The smallest absolute Gasteiger partial charge is 0.252 e. The van der Waals surface area contributed by atoms with Gasteiger partial charge < -0.3 is 9.64 Å². The molecule has 1 aliphatic rings. The van der Waals surface area contributed by atoms with Crippen LogP contribution in [0.15, 0.2) is 36.7 Å². The maximum atomic E-state index is 12.1. The maximum Gasteiger partial charge on any atom is 0.252 e. The fourth-order valence-electron chi connectivity index (χ4n) is 2.95. The normalized spacial score (nSPS) is 18.5. The number of amides is 1. The van der Waals surface area contributed by atoms with Crippen LogP contribution in [0.25, 0.3) is 5.69 Å². The van der Waals surface area contributed by atoms with Crippen LogP contribution in [0.4, 0.5) is 0 Å². The molecule has 1 saturated heterocycles. The molecule has 0 aliphatic carbocycles. The third-order valence-electron chi connectivity index (χ3n) is 4.36. The molecule has 1 aromatic carbocycles. The molecule has 1 amide bonds. The van der Waals surface area contributed by atoms with Crippen LogP contribution in [0.5, 0.6) is 0 Å². The molecule has 24 heavy (non-hydrogen) atoms. The zero-order valence-electron chi connectivity index (χ0n) is 14.5. The van der Waals surface area contributed by atoms with Crippen molar-refractivity contribution in [1.29, 1.82) is 0 Å². The molecule has 2 aromatic rings. The highest BCUT2D eigenvalue weighted by Gasteiger charge is 2.27. The highest BCUT2D eigenvalue weighted by molar-refractivity contribution is 5.80. The van der Waals surface area contributed by atoms with Crippen molar-refractivity contribution in [2.45, 2.75) is 19.6 Å². The van der Waals surface area contributed by atoms with Gasteiger partial charge in [-0.25, -0.2) is 4.68 Å². The lowest BCUT2D eigenvalue weighted by Gasteiger charge is -2.33. The van der Waals surface area contributed by atoms with Gasteiger partial charge in [0, 0.05) is 46.1 Å². The predicted molar refractivity (Wildman–Crippen MR) is 92.0 cm³/mol. The van der Waals surface area contributed by atoms with E-state index in [2.05, 4.69) is 35.1 Å². The Hall–Kier alpha value is -2.18. The monoisotopic (exact) mass is 328 g/mol. The molecule has 3 rings (SSSR count). The summed E-state index contributed by atoms with van der Waals surface area (Å²) in [6.45, 7) is 5.01. The van der Waals surface area contributed by atoms with Gasteiger partial charge >= 0.3 is 0 Å². The van der Waals surface area contributed by atoms with E-state index in [4.69, 9.17) is 4.74 Å². The van der Waals surface area contributed by atoms with Gasteiger partial charge in [-0.2, -0.15) is 5.10 Å². The number of carbonyl (C=O) groups excluding carboxylic acids is 1. The average Bonchev–Trinajstić information content (AvgIpc) is 3.10. The van der Waals surface area contributed by atoms with Crippen LogP contribution in [0.3, 0.4) is 0 Å². The Labute approximate surface area is 142 Å². The van der Waals surface area contributed by atoms with E-state index in [9.17, 15) is 4.79 Å². The highest BCUT2D eigenvalue weighted by Crippen LogP contribution is 2.18. The number of rotatable bonds is 4. The van der Waals surface area contributed by atoms with Gasteiger partial charge in [-0.3, -0.25) is 9.69 Å². The summed E-state index contributed by atoms with van der Waals surface area (Å²) in [6, 6.07) is 8.28. The number of carbonyl (C=O) groups is 1. The number of likely N-dealkylation sites (N-methyl/N-ethyl adjacent to an activating group) is 1. The lowest BCUT2D eigenvalue weighted by molar-refractivity contribution is -0.147. The molecule has 1 aromatic heterocycles. The summed E-state index contributed by atoms with van der Waals surface area (Å²) in [4.78, 5) is 16.0. The third kappa shape index (κ3) is 3.66. The van der Waals surface area contributed by atoms with Crippen molar-refractivity contribution in [2.24, 2.45) is 0 Å². The van der Waals surface area contributed by atoms with Gasteiger partial charge in [0.2, 0.25) is 0 Å². The summed E-state index contributed by atoms with van der Waals surface area (Å²) in [6.07, 6.45) is 3.35. The minimum atomic E-state index is -0.364. The summed E-state index contributed by atoms with van der Waals surface area (Å²) in [7, 11) is 3.53. The Morgan fingerprint density at radius 2 is 2.25 bits per heavy atom. The molecule has 1 aliphatic heterocycles. The van der Waals surface area contributed by atoms with E-state index in [1.54, 1.807) is 25.2 Å². The van der Waals surface area contributed by atoms with E-state index < -0.39 is 0 Å². The largest absolute Gasteiger partial charge is 0.366 e. The second-order valence-corrected chi connectivity index (χ2v) is 6.39. The Morgan fingerprint density at radius 1 is 1.42 bits per heavy atom. The number of nitrogens with zero attached hydrogens (tertiary/aromatic N) is 4. The van der Waals surface area contributed by atoms with Crippen molar-refractivity contribution in [3.05, 3.63) is 47.8 Å². The molecular weight excluding hydrogens is 304 g/mol. The maximum absolute atomic E-state index is 12.1. The molecule has 128 valence electrons. The quantitative estimate of drug-likeness (QED) is 0.853. The van der Waals surface area contributed by atoms with Gasteiger partial charge in [0.1, 0.15) is 6.10 Å². The van der Waals surface area contributed by atoms with Crippen molar-refractivity contribution >= 4 is 5.91 Å². The first kappa shape index (κ1) is 16.7. The summed E-state index contributed by atoms with van der Waals surface area (Å²) < 4.78 is 7.48. The number of aromatic nitrogens is 2. The van der Waals surface area contributed by atoms with Crippen molar-refractivity contribution in [2.75, 3.05) is 33.8 Å². The van der Waals surface area contributed by atoms with Gasteiger partial charge in [-0.05, 0) is 36.2 Å². The van der Waals surface area contributed by atoms with Crippen LogP contribution in [-0.4, -0.2) is 65.4 Å². The molecule has 0 spiro atoms. The molecule has 0 saturated carbocycles. The first-order valence-corrected chi connectivity index (χ1v) is 8.19. The van der Waals surface area contributed by atoms with E-state index in [1.165, 1.54) is 11.1 Å². The fourth-order valence-corrected chi connectivity index (χ4v) is 2.95. The van der Waals surface area contributed by atoms with Crippen LogP contribution in [0.2, 0.25) is 0 Å². The number of morpholine rings is 1. The van der Waals surface area contributed by atoms with E-state index in [0.717, 1.165) is 18.8 Å². The van der Waals surface area contributed by atoms with Crippen LogP contribution in [0, 0.1) is 6.92 Å². The molecule has 2 heterocycles. The van der Waals surface area contributed by atoms with Crippen LogP contribution in [0.1, 0.15) is 11.1 Å². The number of hydrogen-bond donors (Lipinski definition) is 0. The van der Waals surface area contributed by atoms with Crippen LogP contribution >= 0.6 is 0 Å². The zero-order valence-corrected chi connectivity index (χ0v) is 14.5. The fraction of sp³-hybridized carbons (Fsp3) is 0.444. The molecule has 0 bridgehead atoms. The SMILES string of the molecule is Cc1cc(-n2cccn2)ccc1CN1CCO[C@@H](C(=O)N(C)C)C1. The molecule has 6 nitrogen and oxygen atoms in total. The minimum absolute atomic E-state index is 0.0328. The van der Waals surface area contributed by atoms with Crippen LogP contribution < -0.4 is 0 Å². The second-order valence-electron chi connectivity index (χ2n) is 6.39. The van der Waals surface area contributed by atoms with Gasteiger partial charge in [-0.1, -0.05) is 6.07 Å². The number of ether oxygens (including phenoxy) is 1. The topological polar surface area (TPSA) is 50.6 Å². The number of aryl methyl sites for hydroxylation is 1. The van der Waals surface area contributed by atoms with Crippen molar-refractivity contribution in [3.63, 3.8) is 0 Å². The number of hydrogen-bond acceptors (Lipinski definition) is 4. The van der Waals surface area contributed by atoms with Crippen molar-refractivity contribution in [3.8, 4) is 5.69 Å². The standard InChI is InChI=1S/C18H24N4O2/c1-14-11-16(22-8-4-7-19-22)6-5-15(14)12-21-9-10-24-17(13-21)18(23)20(2)3/h4-8,11,17H,9-10,12-13H2,1-3H3/t17-/m1/s1. The van der Waals surface area contributed by atoms with Gasteiger partial charge in [0.05, 0.1) is 12.3 Å². The summed E-state index contributed by atoms with van der Waals surface area (Å²) in [5.74, 6) is 0.0328. The molecule has 0 unspecified atom stereocenters. The van der Waals surface area contributed by atoms with E-state index >= 15 is 0 Å².